The van der Waals surface area contributed by atoms with Gasteiger partial charge in [0.1, 0.15) is 5.69 Å². The second kappa shape index (κ2) is 9.08. The van der Waals surface area contributed by atoms with Gasteiger partial charge in [0.05, 0.1) is 6.33 Å². The minimum absolute atomic E-state index is 0.00850. The quantitative estimate of drug-likeness (QED) is 0.611. The molecule has 0 bridgehead atoms. The Labute approximate surface area is 164 Å². The van der Waals surface area contributed by atoms with E-state index < -0.39 is 0 Å². The van der Waals surface area contributed by atoms with Crippen LogP contribution in [-0.2, 0) is 6.54 Å². The van der Waals surface area contributed by atoms with Gasteiger partial charge in [0, 0.05) is 49.6 Å². The van der Waals surface area contributed by atoms with Crippen LogP contribution in [0.3, 0.4) is 0 Å². The van der Waals surface area contributed by atoms with Gasteiger partial charge in [-0.2, -0.15) is 0 Å². The molecule has 0 saturated heterocycles. The summed E-state index contributed by atoms with van der Waals surface area (Å²) in [6.07, 6.45) is 6.43. The summed E-state index contributed by atoms with van der Waals surface area (Å²) in [4.78, 5) is 33.4. The number of hydrogen-bond donors (Lipinski definition) is 1. The normalized spacial score (nSPS) is 11.8. The smallest absolute Gasteiger partial charge is 0.269 e. The van der Waals surface area contributed by atoms with E-state index in [-0.39, 0.29) is 23.3 Å². The molecule has 1 aromatic carbocycles. The van der Waals surface area contributed by atoms with Gasteiger partial charge in [-0.3, -0.25) is 9.59 Å². The van der Waals surface area contributed by atoms with E-state index >= 15 is 0 Å². The highest BCUT2D eigenvalue weighted by molar-refractivity contribution is 5.99. The standard InChI is InChI=1S/C22H24N4O2/c1-16(17-7-4-3-5-8-17)19-13-18(14-20(25-19)22(28)23-2)21(27)9-6-11-26-12-10-24-15-26/h3-5,7-8,10,12-16H,6,9,11H2,1-2H3,(H,23,28)/t16-/m0/s1. The summed E-state index contributed by atoms with van der Waals surface area (Å²) in [5.74, 6) is -0.313. The Morgan fingerprint density at radius 1 is 1.18 bits per heavy atom. The number of nitrogens with one attached hydrogen (secondary N) is 1. The van der Waals surface area contributed by atoms with E-state index in [9.17, 15) is 9.59 Å². The van der Waals surface area contributed by atoms with Gasteiger partial charge in [0.25, 0.3) is 5.91 Å². The maximum Gasteiger partial charge on any atom is 0.269 e. The fourth-order valence-electron chi connectivity index (χ4n) is 3.08. The highest BCUT2D eigenvalue weighted by Gasteiger charge is 2.17. The second-order valence-electron chi connectivity index (χ2n) is 6.70. The SMILES string of the molecule is CNC(=O)c1cc(C(=O)CCCn2ccnc2)cc([C@@H](C)c2ccccc2)n1. The molecule has 0 fully saturated rings. The molecule has 0 spiro atoms. The fourth-order valence-corrected chi connectivity index (χ4v) is 3.08. The maximum atomic E-state index is 12.8. The highest BCUT2D eigenvalue weighted by atomic mass is 16.1. The summed E-state index contributed by atoms with van der Waals surface area (Å²) < 4.78 is 1.94. The fraction of sp³-hybridized carbons (Fsp3) is 0.273. The first-order chi connectivity index (χ1) is 13.6. The van der Waals surface area contributed by atoms with Crippen LogP contribution in [0.25, 0.3) is 0 Å². The van der Waals surface area contributed by atoms with Crippen molar-refractivity contribution in [3.05, 3.63) is 83.7 Å². The summed E-state index contributed by atoms with van der Waals surface area (Å²) >= 11 is 0. The molecule has 0 aliphatic heterocycles. The number of nitrogens with zero attached hydrogens (tertiary/aromatic N) is 3. The molecule has 28 heavy (non-hydrogen) atoms. The van der Waals surface area contributed by atoms with Crippen molar-refractivity contribution in [3.63, 3.8) is 0 Å². The van der Waals surface area contributed by atoms with E-state index in [4.69, 9.17) is 0 Å². The van der Waals surface area contributed by atoms with Crippen molar-refractivity contribution in [1.29, 1.82) is 0 Å². The molecule has 2 aromatic heterocycles. The number of carbonyl (C=O) groups is 2. The monoisotopic (exact) mass is 376 g/mol. The molecule has 6 heteroatoms. The third-order valence-electron chi connectivity index (χ3n) is 4.75. The van der Waals surface area contributed by atoms with Crippen LogP contribution in [0.1, 0.15) is 57.8 Å². The van der Waals surface area contributed by atoms with Crippen LogP contribution in [0, 0.1) is 0 Å². The van der Waals surface area contributed by atoms with Crippen LogP contribution >= 0.6 is 0 Å². The summed E-state index contributed by atoms with van der Waals surface area (Å²) in [6.45, 7) is 2.75. The first-order valence-electron chi connectivity index (χ1n) is 9.36. The number of imidazole rings is 1. The number of hydrogen-bond acceptors (Lipinski definition) is 4. The molecule has 1 amide bonds. The van der Waals surface area contributed by atoms with E-state index in [0.717, 1.165) is 12.1 Å². The Kier molecular flexibility index (Phi) is 6.32. The first kappa shape index (κ1) is 19.5. The lowest BCUT2D eigenvalue weighted by Crippen LogP contribution is -2.21. The van der Waals surface area contributed by atoms with Crippen LogP contribution in [0.2, 0.25) is 0 Å². The van der Waals surface area contributed by atoms with Gasteiger partial charge in [-0.05, 0) is 24.1 Å². The van der Waals surface area contributed by atoms with Gasteiger partial charge >= 0.3 is 0 Å². The van der Waals surface area contributed by atoms with Gasteiger partial charge < -0.3 is 9.88 Å². The van der Waals surface area contributed by atoms with Crippen molar-refractivity contribution in [1.82, 2.24) is 19.9 Å². The van der Waals surface area contributed by atoms with E-state index in [0.29, 0.717) is 24.1 Å². The Balaban J connectivity index is 1.82. The zero-order valence-electron chi connectivity index (χ0n) is 16.1. The van der Waals surface area contributed by atoms with E-state index in [1.807, 2.05) is 54.1 Å². The molecule has 3 aromatic rings. The van der Waals surface area contributed by atoms with Crippen LogP contribution in [-0.4, -0.2) is 33.3 Å². The number of pyridine rings is 1. The zero-order valence-corrected chi connectivity index (χ0v) is 16.1. The van der Waals surface area contributed by atoms with E-state index in [1.54, 1.807) is 25.6 Å². The van der Waals surface area contributed by atoms with Crippen molar-refractivity contribution in [2.45, 2.75) is 32.2 Å². The van der Waals surface area contributed by atoms with Crippen molar-refractivity contribution in [3.8, 4) is 0 Å². The van der Waals surface area contributed by atoms with Crippen molar-refractivity contribution < 1.29 is 9.59 Å². The number of aromatic nitrogens is 3. The topological polar surface area (TPSA) is 76.9 Å². The lowest BCUT2D eigenvalue weighted by molar-refractivity contribution is 0.0958. The van der Waals surface area contributed by atoms with Gasteiger partial charge in [-0.25, -0.2) is 9.97 Å². The van der Waals surface area contributed by atoms with Crippen molar-refractivity contribution in [2.75, 3.05) is 7.05 Å². The van der Waals surface area contributed by atoms with Gasteiger partial charge in [-0.1, -0.05) is 37.3 Å². The van der Waals surface area contributed by atoms with Crippen LogP contribution in [0.4, 0.5) is 0 Å². The molecule has 0 saturated carbocycles. The largest absolute Gasteiger partial charge is 0.354 e. The van der Waals surface area contributed by atoms with E-state index in [1.165, 1.54) is 0 Å². The predicted molar refractivity (Wildman–Crippen MR) is 107 cm³/mol. The minimum atomic E-state index is -0.297. The molecule has 0 unspecified atom stereocenters. The molecule has 0 aliphatic rings. The predicted octanol–water partition coefficient (Wildman–Crippen LogP) is 3.45. The molecule has 2 heterocycles. The van der Waals surface area contributed by atoms with Crippen LogP contribution in [0.15, 0.2) is 61.2 Å². The Morgan fingerprint density at radius 2 is 1.96 bits per heavy atom. The van der Waals surface area contributed by atoms with Gasteiger partial charge in [0.15, 0.2) is 5.78 Å². The first-order valence-corrected chi connectivity index (χ1v) is 9.36. The Bertz CT molecular complexity index is 936. The average molecular weight is 376 g/mol. The minimum Gasteiger partial charge on any atom is -0.354 e. The zero-order chi connectivity index (χ0) is 19.9. The maximum absolute atomic E-state index is 12.8. The Hall–Kier alpha value is -3.28. The second-order valence-corrected chi connectivity index (χ2v) is 6.70. The summed E-state index contributed by atoms with van der Waals surface area (Å²) in [5.41, 5.74) is 2.59. The van der Waals surface area contributed by atoms with Crippen molar-refractivity contribution in [2.24, 2.45) is 0 Å². The number of carbonyl (C=O) groups excluding carboxylic acids is 2. The molecule has 0 aliphatic carbocycles. The number of aryl methyl sites for hydroxylation is 1. The number of Topliss-reactive ketones (excluding diaryl/α,β-unsaturated/α-hetero) is 1. The number of benzene rings is 1. The third-order valence-corrected chi connectivity index (χ3v) is 4.75. The molecule has 144 valence electrons. The molecule has 3 rings (SSSR count). The van der Waals surface area contributed by atoms with Gasteiger partial charge in [0.2, 0.25) is 0 Å². The molecule has 1 N–H and O–H groups in total. The van der Waals surface area contributed by atoms with Crippen LogP contribution < -0.4 is 5.32 Å². The lowest BCUT2D eigenvalue weighted by atomic mass is 9.94. The average Bonchev–Trinajstić information content (AvgIpc) is 3.26. The molecule has 0 radical (unpaired) electrons. The summed E-state index contributed by atoms with van der Waals surface area (Å²) in [6, 6.07) is 13.3. The number of ketones is 1. The molecule has 1 atom stereocenters. The van der Waals surface area contributed by atoms with Gasteiger partial charge in [-0.15, -0.1) is 0 Å². The summed E-state index contributed by atoms with van der Waals surface area (Å²) in [5, 5.41) is 2.59. The lowest BCUT2D eigenvalue weighted by Gasteiger charge is -2.14. The highest BCUT2D eigenvalue weighted by Crippen LogP contribution is 2.24. The molecular formula is C22H24N4O2. The van der Waals surface area contributed by atoms with Crippen LogP contribution in [0.5, 0.6) is 0 Å². The number of amides is 1. The third kappa shape index (κ3) is 4.71. The Morgan fingerprint density at radius 3 is 2.64 bits per heavy atom. The summed E-state index contributed by atoms with van der Waals surface area (Å²) in [7, 11) is 1.56. The molecular weight excluding hydrogens is 352 g/mol. The number of rotatable bonds is 8. The molecule has 6 nitrogen and oxygen atoms in total. The van der Waals surface area contributed by atoms with E-state index in [2.05, 4.69) is 15.3 Å². The van der Waals surface area contributed by atoms with Crippen molar-refractivity contribution >= 4 is 11.7 Å².